The minimum Gasteiger partial charge on any atom is -0.481 e. The van der Waals surface area contributed by atoms with Crippen LogP contribution in [0.1, 0.15) is 22.8 Å². The average molecular weight is 333 g/mol. The number of carbonyl (C=O) groups is 2. The van der Waals surface area contributed by atoms with Crippen LogP contribution in [0.2, 0.25) is 5.02 Å². The lowest BCUT2D eigenvalue weighted by atomic mass is 10.2. The van der Waals surface area contributed by atoms with Crippen LogP contribution < -0.4 is 15.8 Å². The SMILES string of the molecule is Cc1cc(O[C@H](C)C(=O)Nc2ccc(C(N)=O)cc2)ccc1Cl. The molecule has 0 aliphatic carbocycles. The minimum absolute atomic E-state index is 0.301. The first-order valence-corrected chi connectivity index (χ1v) is 7.38. The van der Waals surface area contributed by atoms with Gasteiger partial charge in [-0.3, -0.25) is 9.59 Å². The number of anilines is 1. The molecule has 0 aliphatic heterocycles. The van der Waals surface area contributed by atoms with E-state index in [2.05, 4.69) is 5.32 Å². The number of ether oxygens (including phenoxy) is 1. The van der Waals surface area contributed by atoms with E-state index in [1.54, 1.807) is 49.4 Å². The summed E-state index contributed by atoms with van der Waals surface area (Å²) in [5.74, 6) is -0.249. The highest BCUT2D eigenvalue weighted by molar-refractivity contribution is 6.31. The van der Waals surface area contributed by atoms with Crippen molar-refractivity contribution in [1.29, 1.82) is 0 Å². The average Bonchev–Trinajstić information content (AvgIpc) is 2.51. The molecule has 6 heteroatoms. The van der Waals surface area contributed by atoms with E-state index in [1.807, 2.05) is 6.92 Å². The first-order valence-electron chi connectivity index (χ1n) is 7.00. The largest absolute Gasteiger partial charge is 0.481 e. The molecule has 120 valence electrons. The molecule has 2 rings (SSSR count). The van der Waals surface area contributed by atoms with Crippen molar-refractivity contribution in [2.24, 2.45) is 5.73 Å². The number of benzene rings is 2. The number of halogens is 1. The van der Waals surface area contributed by atoms with Crippen LogP contribution in [0, 0.1) is 6.92 Å². The zero-order valence-corrected chi connectivity index (χ0v) is 13.6. The van der Waals surface area contributed by atoms with Crippen molar-refractivity contribution >= 4 is 29.1 Å². The number of hydrogen-bond acceptors (Lipinski definition) is 3. The van der Waals surface area contributed by atoms with E-state index in [9.17, 15) is 9.59 Å². The first kappa shape index (κ1) is 16.8. The number of carbonyl (C=O) groups excluding carboxylic acids is 2. The molecule has 2 aromatic rings. The van der Waals surface area contributed by atoms with Crippen molar-refractivity contribution in [3.8, 4) is 5.75 Å². The Kier molecular flexibility index (Phi) is 5.24. The van der Waals surface area contributed by atoms with Gasteiger partial charge in [-0.15, -0.1) is 0 Å². The summed E-state index contributed by atoms with van der Waals surface area (Å²) in [6.45, 7) is 3.51. The molecule has 5 nitrogen and oxygen atoms in total. The second-order valence-corrected chi connectivity index (χ2v) is 5.51. The Labute approximate surface area is 139 Å². The third kappa shape index (κ3) is 4.47. The maximum atomic E-state index is 12.1. The molecule has 0 fully saturated rings. The molecule has 0 heterocycles. The van der Waals surface area contributed by atoms with Crippen LogP contribution in [-0.4, -0.2) is 17.9 Å². The van der Waals surface area contributed by atoms with Gasteiger partial charge in [0.05, 0.1) is 0 Å². The lowest BCUT2D eigenvalue weighted by Crippen LogP contribution is -2.30. The molecule has 0 bridgehead atoms. The Morgan fingerprint density at radius 3 is 2.39 bits per heavy atom. The summed E-state index contributed by atoms with van der Waals surface area (Å²) in [6, 6.07) is 11.5. The predicted molar refractivity (Wildman–Crippen MR) is 89.9 cm³/mol. The second-order valence-electron chi connectivity index (χ2n) is 5.10. The molecule has 0 radical (unpaired) electrons. The molecule has 0 spiro atoms. The number of hydrogen-bond donors (Lipinski definition) is 2. The molecular weight excluding hydrogens is 316 g/mol. The van der Waals surface area contributed by atoms with E-state index in [1.165, 1.54) is 0 Å². The van der Waals surface area contributed by atoms with Gasteiger partial charge in [0, 0.05) is 16.3 Å². The van der Waals surface area contributed by atoms with Gasteiger partial charge in [0.15, 0.2) is 6.10 Å². The zero-order valence-electron chi connectivity index (χ0n) is 12.8. The molecule has 2 amide bonds. The van der Waals surface area contributed by atoms with Gasteiger partial charge in [0.1, 0.15) is 5.75 Å². The normalized spacial score (nSPS) is 11.6. The first-order chi connectivity index (χ1) is 10.9. The Bertz CT molecular complexity index is 729. The van der Waals surface area contributed by atoms with Crippen molar-refractivity contribution in [2.45, 2.75) is 20.0 Å². The third-order valence-corrected chi connectivity index (χ3v) is 3.67. The number of amides is 2. The summed E-state index contributed by atoms with van der Waals surface area (Å²) >= 11 is 5.95. The van der Waals surface area contributed by atoms with E-state index < -0.39 is 12.0 Å². The highest BCUT2D eigenvalue weighted by atomic mass is 35.5. The molecule has 0 saturated carbocycles. The topological polar surface area (TPSA) is 81.4 Å². The summed E-state index contributed by atoms with van der Waals surface area (Å²) in [6.07, 6.45) is -0.689. The number of rotatable bonds is 5. The molecule has 3 N–H and O–H groups in total. The monoisotopic (exact) mass is 332 g/mol. The van der Waals surface area contributed by atoms with Gasteiger partial charge < -0.3 is 15.8 Å². The predicted octanol–water partition coefficient (Wildman–Crippen LogP) is 3.15. The molecule has 0 aromatic heterocycles. The Hall–Kier alpha value is -2.53. The molecule has 2 aromatic carbocycles. The quantitative estimate of drug-likeness (QED) is 0.882. The van der Waals surface area contributed by atoms with Crippen molar-refractivity contribution < 1.29 is 14.3 Å². The van der Waals surface area contributed by atoms with E-state index in [-0.39, 0.29) is 5.91 Å². The van der Waals surface area contributed by atoms with Gasteiger partial charge in [0.2, 0.25) is 5.91 Å². The Morgan fingerprint density at radius 1 is 1.17 bits per heavy atom. The van der Waals surface area contributed by atoms with E-state index >= 15 is 0 Å². The van der Waals surface area contributed by atoms with Gasteiger partial charge in [-0.1, -0.05) is 11.6 Å². The van der Waals surface area contributed by atoms with Crippen molar-refractivity contribution in [1.82, 2.24) is 0 Å². The van der Waals surface area contributed by atoms with Crippen LogP contribution in [0.25, 0.3) is 0 Å². The fourth-order valence-corrected chi connectivity index (χ4v) is 2.03. The van der Waals surface area contributed by atoms with E-state index in [0.29, 0.717) is 22.0 Å². The lowest BCUT2D eigenvalue weighted by Gasteiger charge is -2.15. The summed E-state index contributed by atoms with van der Waals surface area (Å²) in [7, 11) is 0. The van der Waals surface area contributed by atoms with Crippen LogP contribution in [-0.2, 0) is 4.79 Å². The minimum atomic E-state index is -0.689. The number of nitrogens with two attached hydrogens (primary N) is 1. The van der Waals surface area contributed by atoms with Crippen LogP contribution in [0.5, 0.6) is 5.75 Å². The Balaban J connectivity index is 1.99. The zero-order chi connectivity index (χ0) is 17.0. The number of nitrogens with one attached hydrogen (secondary N) is 1. The van der Waals surface area contributed by atoms with Crippen LogP contribution in [0.4, 0.5) is 5.69 Å². The van der Waals surface area contributed by atoms with Crippen LogP contribution in [0.3, 0.4) is 0 Å². The van der Waals surface area contributed by atoms with E-state index in [4.69, 9.17) is 22.1 Å². The van der Waals surface area contributed by atoms with Gasteiger partial charge >= 0.3 is 0 Å². The summed E-state index contributed by atoms with van der Waals surface area (Å²) in [5, 5.41) is 3.35. The van der Waals surface area contributed by atoms with Crippen LogP contribution >= 0.6 is 11.6 Å². The molecule has 1 atom stereocenters. The van der Waals surface area contributed by atoms with Gasteiger partial charge in [0.25, 0.3) is 5.91 Å². The Morgan fingerprint density at radius 2 is 1.83 bits per heavy atom. The number of primary amides is 1. The maximum absolute atomic E-state index is 12.1. The summed E-state index contributed by atoms with van der Waals surface area (Å²) in [5.41, 5.74) is 6.98. The van der Waals surface area contributed by atoms with Crippen LogP contribution in [0.15, 0.2) is 42.5 Å². The van der Waals surface area contributed by atoms with Crippen molar-refractivity contribution in [3.63, 3.8) is 0 Å². The maximum Gasteiger partial charge on any atom is 0.265 e. The molecule has 0 aliphatic rings. The highest BCUT2D eigenvalue weighted by Gasteiger charge is 2.15. The highest BCUT2D eigenvalue weighted by Crippen LogP contribution is 2.22. The van der Waals surface area contributed by atoms with E-state index in [0.717, 1.165) is 5.56 Å². The summed E-state index contributed by atoms with van der Waals surface area (Å²) in [4.78, 5) is 23.1. The fraction of sp³-hybridized carbons (Fsp3) is 0.176. The third-order valence-electron chi connectivity index (χ3n) is 3.25. The summed E-state index contributed by atoms with van der Waals surface area (Å²) < 4.78 is 5.60. The standard InChI is InChI=1S/C17H17ClN2O3/c1-10-9-14(7-8-15(10)18)23-11(2)17(22)20-13-5-3-12(4-6-13)16(19)21/h3-9,11H,1-2H3,(H2,19,21)(H,20,22)/t11-/m1/s1. The molecule has 23 heavy (non-hydrogen) atoms. The fourth-order valence-electron chi connectivity index (χ4n) is 1.91. The smallest absolute Gasteiger partial charge is 0.265 e. The van der Waals surface area contributed by atoms with Gasteiger partial charge in [-0.2, -0.15) is 0 Å². The lowest BCUT2D eigenvalue weighted by molar-refractivity contribution is -0.122. The second kappa shape index (κ2) is 7.15. The van der Waals surface area contributed by atoms with Crippen molar-refractivity contribution in [3.05, 3.63) is 58.6 Å². The molecular formula is C17H17ClN2O3. The van der Waals surface area contributed by atoms with Gasteiger partial charge in [-0.05, 0) is 61.9 Å². The molecule has 0 unspecified atom stereocenters. The van der Waals surface area contributed by atoms with Crippen molar-refractivity contribution in [2.75, 3.05) is 5.32 Å². The molecule has 0 saturated heterocycles. The number of aryl methyl sites for hydroxylation is 1. The van der Waals surface area contributed by atoms with Gasteiger partial charge in [-0.25, -0.2) is 0 Å².